The van der Waals surface area contributed by atoms with Crippen molar-refractivity contribution in [1.29, 1.82) is 0 Å². The summed E-state index contributed by atoms with van der Waals surface area (Å²) in [4.78, 5) is 11.8. The lowest BCUT2D eigenvalue weighted by Crippen LogP contribution is -2.52. The van der Waals surface area contributed by atoms with E-state index >= 15 is 0 Å². The number of hydrogen-bond donors (Lipinski definition) is 2. The molecule has 1 saturated carbocycles. The molecule has 1 saturated heterocycles. The van der Waals surface area contributed by atoms with Gasteiger partial charge in [0.05, 0.1) is 6.10 Å². The summed E-state index contributed by atoms with van der Waals surface area (Å²) in [6.45, 7) is 2.24. The Morgan fingerprint density at radius 1 is 1.17 bits per heavy atom. The monoisotopic (exact) mass is 332 g/mol. The minimum absolute atomic E-state index is 0.233. The van der Waals surface area contributed by atoms with E-state index in [0.29, 0.717) is 18.8 Å². The molecule has 3 rings (SSSR count). The number of ether oxygens (including phenoxy) is 2. The molecule has 2 N–H and O–H groups in total. The molecule has 0 bridgehead atoms. The first-order valence-corrected chi connectivity index (χ1v) is 9.12. The second-order valence-corrected chi connectivity index (χ2v) is 6.80. The molecule has 24 heavy (non-hydrogen) atoms. The molecule has 132 valence electrons. The molecule has 5 nitrogen and oxygen atoms in total. The van der Waals surface area contributed by atoms with Gasteiger partial charge in [-0.3, -0.25) is 0 Å². The van der Waals surface area contributed by atoms with Gasteiger partial charge in [-0.1, -0.05) is 30.3 Å². The Morgan fingerprint density at radius 3 is 2.75 bits per heavy atom. The van der Waals surface area contributed by atoms with Gasteiger partial charge in [-0.25, -0.2) is 4.79 Å². The first kappa shape index (κ1) is 17.2. The van der Waals surface area contributed by atoms with E-state index in [0.717, 1.165) is 38.0 Å². The quantitative estimate of drug-likeness (QED) is 0.806. The van der Waals surface area contributed by atoms with Gasteiger partial charge in [-0.05, 0) is 50.6 Å². The lowest BCUT2D eigenvalue weighted by atomic mass is 9.87. The topological polar surface area (TPSA) is 59.6 Å². The minimum Gasteiger partial charge on any atom is -0.445 e. The Morgan fingerprint density at radius 2 is 2.00 bits per heavy atom. The van der Waals surface area contributed by atoms with Crippen molar-refractivity contribution in [2.45, 2.75) is 63.3 Å². The highest BCUT2D eigenvalue weighted by Gasteiger charge is 2.30. The summed E-state index contributed by atoms with van der Waals surface area (Å²) >= 11 is 0. The highest BCUT2D eigenvalue weighted by atomic mass is 16.5. The molecule has 1 aliphatic heterocycles. The van der Waals surface area contributed by atoms with Crippen LogP contribution < -0.4 is 10.6 Å². The second-order valence-electron chi connectivity index (χ2n) is 6.80. The zero-order valence-corrected chi connectivity index (χ0v) is 14.2. The van der Waals surface area contributed by atoms with Gasteiger partial charge in [-0.2, -0.15) is 0 Å². The summed E-state index contributed by atoms with van der Waals surface area (Å²) in [7, 11) is 0. The number of carbonyl (C=O) groups is 1. The van der Waals surface area contributed by atoms with Crippen LogP contribution in [0, 0.1) is 0 Å². The van der Waals surface area contributed by atoms with Crippen molar-refractivity contribution in [3.8, 4) is 0 Å². The van der Waals surface area contributed by atoms with Crippen LogP contribution in [-0.4, -0.2) is 37.4 Å². The molecule has 0 aromatic heterocycles. The molecule has 1 amide bonds. The van der Waals surface area contributed by atoms with Crippen LogP contribution in [0.1, 0.15) is 44.1 Å². The van der Waals surface area contributed by atoms with Gasteiger partial charge in [0.15, 0.2) is 0 Å². The lowest BCUT2D eigenvalue weighted by Gasteiger charge is -2.36. The Bertz CT molecular complexity index is 497. The second kappa shape index (κ2) is 9.04. The minimum atomic E-state index is -0.321. The van der Waals surface area contributed by atoms with Gasteiger partial charge in [0, 0.05) is 18.7 Å². The smallest absolute Gasteiger partial charge is 0.407 e. The predicted molar refractivity (Wildman–Crippen MR) is 92.8 cm³/mol. The third-order valence-electron chi connectivity index (χ3n) is 4.85. The first-order chi connectivity index (χ1) is 11.8. The summed E-state index contributed by atoms with van der Waals surface area (Å²) in [6.07, 6.45) is 6.87. The van der Waals surface area contributed by atoms with Crippen molar-refractivity contribution in [2.24, 2.45) is 0 Å². The Kier molecular flexibility index (Phi) is 6.49. The zero-order chi connectivity index (χ0) is 16.6. The van der Waals surface area contributed by atoms with E-state index in [-0.39, 0.29) is 12.1 Å². The maximum absolute atomic E-state index is 11.8. The van der Waals surface area contributed by atoms with Gasteiger partial charge < -0.3 is 20.1 Å². The number of carbonyl (C=O) groups excluding carboxylic acids is 1. The lowest BCUT2D eigenvalue weighted by molar-refractivity contribution is 0.0106. The Labute approximate surface area is 144 Å². The average Bonchev–Trinajstić information content (AvgIpc) is 2.59. The highest BCUT2D eigenvalue weighted by molar-refractivity contribution is 5.67. The fourth-order valence-electron chi connectivity index (χ4n) is 3.32. The third-order valence-corrected chi connectivity index (χ3v) is 4.85. The fourth-order valence-corrected chi connectivity index (χ4v) is 3.32. The first-order valence-electron chi connectivity index (χ1n) is 9.12. The molecule has 1 aliphatic carbocycles. The normalized spacial score (nSPS) is 26.4. The van der Waals surface area contributed by atoms with Crippen LogP contribution in [0.2, 0.25) is 0 Å². The maximum Gasteiger partial charge on any atom is 0.407 e. The van der Waals surface area contributed by atoms with Crippen molar-refractivity contribution < 1.29 is 14.3 Å². The number of alkyl carbamates (subject to hydrolysis) is 1. The van der Waals surface area contributed by atoms with Crippen molar-refractivity contribution in [2.75, 3.05) is 13.2 Å². The number of rotatable bonds is 7. The maximum atomic E-state index is 11.8. The summed E-state index contributed by atoms with van der Waals surface area (Å²) in [5.74, 6) is 0. The van der Waals surface area contributed by atoms with Gasteiger partial charge in [0.2, 0.25) is 0 Å². The summed E-state index contributed by atoms with van der Waals surface area (Å²) in [6, 6.07) is 10.5. The van der Waals surface area contributed by atoms with Gasteiger partial charge in [-0.15, -0.1) is 0 Å². The van der Waals surface area contributed by atoms with E-state index < -0.39 is 0 Å². The van der Waals surface area contributed by atoms with Crippen molar-refractivity contribution in [3.05, 3.63) is 35.9 Å². The zero-order valence-electron chi connectivity index (χ0n) is 14.2. The molecule has 1 atom stereocenters. The van der Waals surface area contributed by atoms with Gasteiger partial charge in [0.1, 0.15) is 6.61 Å². The van der Waals surface area contributed by atoms with E-state index in [1.54, 1.807) is 0 Å². The number of amides is 1. The molecule has 0 radical (unpaired) electrons. The molecule has 1 heterocycles. The SMILES string of the molecule is O=C(NC1CC(NCCC2CCCCO2)C1)OCc1ccccc1. The van der Waals surface area contributed by atoms with Crippen molar-refractivity contribution in [3.63, 3.8) is 0 Å². The van der Waals surface area contributed by atoms with Crippen molar-refractivity contribution in [1.82, 2.24) is 10.6 Å². The predicted octanol–water partition coefficient (Wildman–Crippen LogP) is 2.99. The Hall–Kier alpha value is -1.59. The molecular formula is C19H28N2O3. The van der Waals surface area contributed by atoms with E-state index in [4.69, 9.17) is 9.47 Å². The van der Waals surface area contributed by atoms with E-state index in [1.807, 2.05) is 30.3 Å². The van der Waals surface area contributed by atoms with Crippen LogP contribution >= 0.6 is 0 Å². The van der Waals surface area contributed by atoms with E-state index in [9.17, 15) is 4.79 Å². The summed E-state index contributed by atoms with van der Waals surface area (Å²) < 4.78 is 11.0. The van der Waals surface area contributed by atoms with Gasteiger partial charge >= 0.3 is 6.09 Å². The molecule has 1 unspecified atom stereocenters. The van der Waals surface area contributed by atoms with Crippen LogP contribution in [0.15, 0.2) is 30.3 Å². The van der Waals surface area contributed by atoms with E-state index in [2.05, 4.69) is 10.6 Å². The average molecular weight is 332 g/mol. The summed E-state index contributed by atoms with van der Waals surface area (Å²) in [5.41, 5.74) is 1.01. The molecule has 2 aliphatic rings. The Balaban J connectivity index is 1.22. The van der Waals surface area contributed by atoms with Crippen LogP contribution in [0.5, 0.6) is 0 Å². The van der Waals surface area contributed by atoms with E-state index in [1.165, 1.54) is 19.3 Å². The summed E-state index contributed by atoms with van der Waals surface area (Å²) in [5, 5.41) is 6.49. The number of nitrogens with one attached hydrogen (secondary N) is 2. The molecule has 1 aromatic carbocycles. The van der Waals surface area contributed by atoms with Crippen LogP contribution in [-0.2, 0) is 16.1 Å². The number of benzene rings is 1. The molecule has 1 aromatic rings. The molecule has 0 spiro atoms. The standard InChI is InChI=1S/C19H28N2O3/c22-19(24-14-15-6-2-1-3-7-15)21-17-12-16(13-17)20-10-9-18-8-4-5-11-23-18/h1-3,6-7,16-18,20H,4-5,8-14H2,(H,21,22). The van der Waals surface area contributed by atoms with Crippen molar-refractivity contribution >= 4 is 6.09 Å². The largest absolute Gasteiger partial charge is 0.445 e. The van der Waals surface area contributed by atoms with Crippen LogP contribution in [0.25, 0.3) is 0 Å². The third kappa shape index (κ3) is 5.49. The highest BCUT2D eigenvalue weighted by Crippen LogP contribution is 2.21. The van der Waals surface area contributed by atoms with Crippen LogP contribution in [0.3, 0.4) is 0 Å². The van der Waals surface area contributed by atoms with Gasteiger partial charge in [0.25, 0.3) is 0 Å². The van der Waals surface area contributed by atoms with Crippen LogP contribution in [0.4, 0.5) is 4.79 Å². The number of hydrogen-bond acceptors (Lipinski definition) is 4. The molecular weight excluding hydrogens is 304 g/mol. The molecule has 2 fully saturated rings. The molecule has 5 heteroatoms. The fraction of sp³-hybridized carbons (Fsp3) is 0.632.